The molecule has 0 atom stereocenters. The van der Waals surface area contributed by atoms with Gasteiger partial charge in [-0.05, 0) is 70.4 Å². The lowest BCUT2D eigenvalue weighted by Gasteiger charge is -2.36. The van der Waals surface area contributed by atoms with Crippen molar-refractivity contribution in [3.63, 3.8) is 0 Å². The highest BCUT2D eigenvalue weighted by Crippen LogP contribution is 2.33. The van der Waals surface area contributed by atoms with Crippen LogP contribution in [0.5, 0.6) is 0 Å². The Labute approximate surface area is 199 Å². The van der Waals surface area contributed by atoms with Crippen molar-refractivity contribution in [3.8, 4) is 11.9 Å². The van der Waals surface area contributed by atoms with Crippen LogP contribution in [0.3, 0.4) is 0 Å². The molecular formula is C26H30N6O2. The second-order valence-electron chi connectivity index (χ2n) is 10.1. The second kappa shape index (κ2) is 8.73. The van der Waals surface area contributed by atoms with Crippen LogP contribution in [0.25, 0.3) is 16.9 Å². The van der Waals surface area contributed by atoms with Gasteiger partial charge in [0.05, 0.1) is 22.4 Å². The van der Waals surface area contributed by atoms with Crippen LogP contribution >= 0.6 is 0 Å². The van der Waals surface area contributed by atoms with E-state index in [1.807, 2.05) is 36.7 Å². The fourth-order valence-electron chi connectivity index (χ4n) is 4.80. The van der Waals surface area contributed by atoms with E-state index in [4.69, 9.17) is 5.26 Å². The number of aromatic nitrogens is 3. The van der Waals surface area contributed by atoms with Gasteiger partial charge in [0.25, 0.3) is 5.91 Å². The topological polar surface area (TPSA) is 116 Å². The van der Waals surface area contributed by atoms with Crippen molar-refractivity contribution in [3.05, 3.63) is 47.9 Å². The lowest BCUT2D eigenvalue weighted by Crippen LogP contribution is -2.42. The molecule has 2 aliphatic rings. The van der Waals surface area contributed by atoms with E-state index in [9.17, 15) is 9.90 Å². The highest BCUT2D eigenvalue weighted by Gasteiger charge is 2.32. The molecule has 5 rings (SSSR count). The van der Waals surface area contributed by atoms with Crippen molar-refractivity contribution in [2.75, 3.05) is 5.32 Å². The Hall–Kier alpha value is -3.44. The van der Waals surface area contributed by atoms with Gasteiger partial charge >= 0.3 is 0 Å². The van der Waals surface area contributed by atoms with E-state index >= 15 is 0 Å². The first kappa shape index (κ1) is 22.4. The Morgan fingerprint density at radius 3 is 2.53 bits per heavy atom. The van der Waals surface area contributed by atoms with E-state index < -0.39 is 5.60 Å². The van der Waals surface area contributed by atoms with Crippen LogP contribution < -0.4 is 10.6 Å². The van der Waals surface area contributed by atoms with Gasteiger partial charge in [-0.3, -0.25) is 9.36 Å². The van der Waals surface area contributed by atoms with Gasteiger partial charge in [0.15, 0.2) is 0 Å². The number of hydrogen-bond acceptors (Lipinski definition) is 6. The van der Waals surface area contributed by atoms with Gasteiger partial charge in [-0.1, -0.05) is 0 Å². The molecule has 0 radical (unpaired) electrons. The molecule has 2 aliphatic carbocycles. The number of rotatable bonds is 6. The van der Waals surface area contributed by atoms with E-state index in [0.29, 0.717) is 28.6 Å². The molecule has 0 unspecified atom stereocenters. The van der Waals surface area contributed by atoms with Crippen molar-refractivity contribution in [2.45, 2.75) is 70.1 Å². The molecule has 0 aromatic carbocycles. The summed E-state index contributed by atoms with van der Waals surface area (Å²) in [5.41, 5.74) is 1.86. The maximum atomic E-state index is 13.2. The van der Waals surface area contributed by atoms with Gasteiger partial charge in [-0.2, -0.15) is 5.26 Å². The van der Waals surface area contributed by atoms with Gasteiger partial charge in [-0.25, -0.2) is 9.97 Å². The zero-order valence-corrected chi connectivity index (χ0v) is 19.6. The van der Waals surface area contributed by atoms with Crippen LogP contribution in [-0.2, 0) is 0 Å². The van der Waals surface area contributed by atoms with Gasteiger partial charge in [0.1, 0.15) is 17.5 Å². The summed E-state index contributed by atoms with van der Waals surface area (Å²) < 4.78 is 1.87. The third kappa shape index (κ3) is 4.62. The molecule has 2 saturated carbocycles. The zero-order valence-electron chi connectivity index (χ0n) is 19.6. The predicted molar refractivity (Wildman–Crippen MR) is 130 cm³/mol. The monoisotopic (exact) mass is 458 g/mol. The SMILES string of the molecule is CC(C)(O)C1CCC(NC(=O)c2cnc(-n3ccc4cc(C#N)cnc43)cc2NC2CC2)CC1. The number of amides is 1. The Morgan fingerprint density at radius 1 is 1.12 bits per heavy atom. The summed E-state index contributed by atoms with van der Waals surface area (Å²) in [4.78, 5) is 22.2. The smallest absolute Gasteiger partial charge is 0.255 e. The summed E-state index contributed by atoms with van der Waals surface area (Å²) in [7, 11) is 0. The van der Waals surface area contributed by atoms with Crippen molar-refractivity contribution >= 4 is 22.6 Å². The maximum absolute atomic E-state index is 13.2. The van der Waals surface area contributed by atoms with Crippen molar-refractivity contribution < 1.29 is 9.90 Å². The molecule has 176 valence electrons. The third-order valence-corrected chi connectivity index (χ3v) is 7.03. The fraction of sp³-hybridized carbons (Fsp3) is 0.462. The Kier molecular flexibility index (Phi) is 5.74. The summed E-state index contributed by atoms with van der Waals surface area (Å²) in [6.07, 6.45) is 10.8. The largest absolute Gasteiger partial charge is 0.390 e. The minimum Gasteiger partial charge on any atom is -0.390 e. The Balaban J connectivity index is 1.37. The van der Waals surface area contributed by atoms with Gasteiger partial charge in [0, 0.05) is 42.1 Å². The molecular weight excluding hydrogens is 428 g/mol. The molecule has 3 aromatic rings. The molecule has 1 amide bonds. The Bertz CT molecular complexity index is 1260. The minimum absolute atomic E-state index is 0.103. The van der Waals surface area contributed by atoms with Crippen molar-refractivity contribution in [2.24, 2.45) is 5.92 Å². The number of fused-ring (bicyclic) bond motifs is 1. The van der Waals surface area contributed by atoms with Crippen LogP contribution in [0, 0.1) is 17.2 Å². The molecule has 0 bridgehead atoms. The zero-order chi connectivity index (χ0) is 23.9. The fourth-order valence-corrected chi connectivity index (χ4v) is 4.80. The molecule has 34 heavy (non-hydrogen) atoms. The number of carbonyl (C=O) groups excluding carboxylic acids is 1. The van der Waals surface area contributed by atoms with Crippen LogP contribution in [0.2, 0.25) is 0 Å². The number of aliphatic hydroxyl groups is 1. The number of anilines is 1. The van der Waals surface area contributed by atoms with Crippen molar-refractivity contribution in [1.29, 1.82) is 5.26 Å². The molecule has 3 N–H and O–H groups in total. The molecule has 2 fully saturated rings. The van der Waals surface area contributed by atoms with E-state index in [1.165, 1.54) is 0 Å². The Morgan fingerprint density at radius 2 is 1.85 bits per heavy atom. The average molecular weight is 459 g/mol. The van der Waals surface area contributed by atoms with E-state index in [0.717, 1.165) is 49.6 Å². The lowest BCUT2D eigenvalue weighted by atomic mass is 9.77. The number of nitrogens with zero attached hydrogens (tertiary/aromatic N) is 4. The second-order valence-corrected chi connectivity index (χ2v) is 10.1. The van der Waals surface area contributed by atoms with Crippen LogP contribution in [0.15, 0.2) is 36.8 Å². The number of nitriles is 1. The first-order valence-electron chi connectivity index (χ1n) is 12.0. The third-order valence-electron chi connectivity index (χ3n) is 7.03. The maximum Gasteiger partial charge on any atom is 0.255 e. The van der Waals surface area contributed by atoms with Crippen LogP contribution in [-0.4, -0.2) is 43.2 Å². The van der Waals surface area contributed by atoms with Gasteiger partial charge in [0.2, 0.25) is 0 Å². The molecule has 3 aromatic heterocycles. The summed E-state index contributed by atoms with van der Waals surface area (Å²) in [5, 5.41) is 27.0. The lowest BCUT2D eigenvalue weighted by molar-refractivity contribution is -0.00257. The number of nitrogens with one attached hydrogen (secondary N) is 2. The van der Waals surface area contributed by atoms with E-state index in [2.05, 4.69) is 26.7 Å². The molecule has 3 heterocycles. The van der Waals surface area contributed by atoms with Crippen molar-refractivity contribution in [1.82, 2.24) is 19.9 Å². The molecule has 8 heteroatoms. The highest BCUT2D eigenvalue weighted by atomic mass is 16.3. The molecule has 0 aliphatic heterocycles. The quantitative estimate of drug-likeness (QED) is 0.515. The first-order chi connectivity index (χ1) is 16.3. The van der Waals surface area contributed by atoms with Crippen LogP contribution in [0.4, 0.5) is 5.69 Å². The number of carbonyl (C=O) groups is 1. The summed E-state index contributed by atoms with van der Waals surface area (Å²) >= 11 is 0. The summed E-state index contributed by atoms with van der Waals surface area (Å²) in [5.74, 6) is 0.809. The molecule has 8 nitrogen and oxygen atoms in total. The van der Waals surface area contributed by atoms with E-state index in [1.54, 1.807) is 18.5 Å². The van der Waals surface area contributed by atoms with Gasteiger partial charge in [-0.15, -0.1) is 0 Å². The number of hydrogen-bond donors (Lipinski definition) is 3. The predicted octanol–water partition coefficient (Wildman–Crippen LogP) is 3.93. The molecule has 0 spiro atoms. The summed E-state index contributed by atoms with van der Waals surface area (Å²) in [6, 6.07) is 8.20. The summed E-state index contributed by atoms with van der Waals surface area (Å²) in [6.45, 7) is 3.73. The standard InChI is InChI=1S/C26H30N6O2/c1-26(2,34)18-3-5-20(6-4-18)31-25(33)21-15-28-23(12-22(21)30-19-7-8-19)32-10-9-17-11-16(13-27)14-29-24(17)32/h9-12,14-15,18-20,34H,3-8H2,1-2H3,(H,28,30)(H,31,33). The first-order valence-corrected chi connectivity index (χ1v) is 12.0. The minimum atomic E-state index is -0.677. The normalized spacial score (nSPS) is 20.6. The molecule has 0 saturated heterocycles. The van der Waals surface area contributed by atoms with Crippen LogP contribution in [0.1, 0.15) is 68.3 Å². The number of pyridine rings is 2. The van der Waals surface area contributed by atoms with Gasteiger partial charge < -0.3 is 15.7 Å². The highest BCUT2D eigenvalue weighted by molar-refractivity contribution is 6.00. The average Bonchev–Trinajstić information content (AvgIpc) is 3.53. The van der Waals surface area contributed by atoms with E-state index in [-0.39, 0.29) is 17.9 Å².